The van der Waals surface area contributed by atoms with E-state index in [1.54, 1.807) is 0 Å². The Balaban J connectivity index is 2.04. The van der Waals surface area contributed by atoms with E-state index in [0.717, 1.165) is 40.4 Å². The zero-order valence-electron chi connectivity index (χ0n) is 15.7. The maximum absolute atomic E-state index is 6.18. The molecule has 0 saturated carbocycles. The maximum Gasteiger partial charge on any atom is 0.134 e. The van der Waals surface area contributed by atoms with E-state index in [-0.39, 0.29) is 5.54 Å². The Morgan fingerprint density at radius 1 is 1.20 bits per heavy atom. The summed E-state index contributed by atoms with van der Waals surface area (Å²) in [5.74, 6) is 0.912. The van der Waals surface area contributed by atoms with E-state index in [0.29, 0.717) is 6.04 Å². The molecule has 0 atom stereocenters. The number of pyridine rings is 1. The van der Waals surface area contributed by atoms with Gasteiger partial charge in [0.1, 0.15) is 5.82 Å². The zero-order chi connectivity index (χ0) is 18.2. The molecule has 0 radical (unpaired) electrons. The van der Waals surface area contributed by atoms with Crippen LogP contribution in [-0.2, 0) is 12.1 Å². The van der Waals surface area contributed by atoms with Gasteiger partial charge in [-0.2, -0.15) is 0 Å². The van der Waals surface area contributed by atoms with Crippen LogP contribution in [0.25, 0.3) is 11.3 Å². The Kier molecular flexibility index (Phi) is 4.52. The van der Waals surface area contributed by atoms with Crippen molar-refractivity contribution in [3.63, 3.8) is 0 Å². The second-order valence-corrected chi connectivity index (χ2v) is 7.61. The van der Waals surface area contributed by atoms with E-state index in [1.165, 1.54) is 0 Å². The van der Waals surface area contributed by atoms with Gasteiger partial charge in [0.05, 0.1) is 17.7 Å². The van der Waals surface area contributed by atoms with Crippen molar-refractivity contribution in [2.75, 3.05) is 12.4 Å². The fourth-order valence-electron chi connectivity index (χ4n) is 2.89. The largest absolute Gasteiger partial charge is 0.368 e. The molecule has 1 aliphatic heterocycles. The molecule has 5 nitrogen and oxygen atoms in total. The van der Waals surface area contributed by atoms with Crippen LogP contribution in [0.1, 0.15) is 38.8 Å². The van der Waals surface area contributed by atoms with Crippen LogP contribution in [0.3, 0.4) is 0 Å². The first-order valence-corrected chi connectivity index (χ1v) is 8.68. The molecule has 0 amide bonds. The predicted octanol–water partition coefficient (Wildman–Crippen LogP) is 3.87. The summed E-state index contributed by atoms with van der Waals surface area (Å²) in [6.45, 7) is 9.06. The lowest BCUT2D eigenvalue weighted by Crippen LogP contribution is -2.28. The molecule has 1 aromatic heterocycles. The highest BCUT2D eigenvalue weighted by Gasteiger charge is 2.19. The topological polar surface area (TPSA) is 66.5 Å². The van der Waals surface area contributed by atoms with E-state index in [4.69, 9.17) is 10.7 Å². The summed E-state index contributed by atoms with van der Waals surface area (Å²) in [5.41, 5.74) is 11.0. The average molecular weight is 337 g/mol. The molecule has 0 unspecified atom stereocenters. The van der Waals surface area contributed by atoms with Crippen molar-refractivity contribution in [3.05, 3.63) is 41.5 Å². The lowest BCUT2D eigenvalue weighted by Gasteiger charge is -2.24. The quantitative estimate of drug-likeness (QED) is 0.889. The molecule has 1 aliphatic rings. The van der Waals surface area contributed by atoms with Crippen LogP contribution in [0.15, 0.2) is 35.3 Å². The number of aromatic nitrogens is 1. The molecule has 1 aromatic carbocycles. The first kappa shape index (κ1) is 17.4. The number of fused-ring (bicyclic) bond motifs is 1. The van der Waals surface area contributed by atoms with Crippen molar-refractivity contribution in [1.29, 1.82) is 0 Å². The number of anilines is 1. The van der Waals surface area contributed by atoms with Crippen molar-refractivity contribution in [2.24, 2.45) is 10.7 Å². The molecule has 0 saturated heterocycles. The second-order valence-electron chi connectivity index (χ2n) is 7.61. The number of benzene rings is 1. The monoisotopic (exact) mass is 337 g/mol. The molecule has 0 aliphatic carbocycles. The van der Waals surface area contributed by atoms with Gasteiger partial charge in [0.2, 0.25) is 0 Å². The summed E-state index contributed by atoms with van der Waals surface area (Å²) in [4.78, 5) is 11.5. The Morgan fingerprint density at radius 2 is 1.88 bits per heavy atom. The van der Waals surface area contributed by atoms with Crippen molar-refractivity contribution >= 4 is 17.8 Å². The van der Waals surface area contributed by atoms with Crippen molar-refractivity contribution in [2.45, 2.75) is 45.8 Å². The molecule has 132 valence electrons. The van der Waals surface area contributed by atoms with Crippen molar-refractivity contribution in [3.8, 4) is 11.3 Å². The second kappa shape index (κ2) is 6.48. The maximum atomic E-state index is 6.18. The van der Waals surface area contributed by atoms with Crippen molar-refractivity contribution < 1.29 is 0 Å². The summed E-state index contributed by atoms with van der Waals surface area (Å²) in [6.07, 6.45) is 1.87. The van der Waals surface area contributed by atoms with Gasteiger partial charge in [-0.05, 0) is 39.3 Å². The highest BCUT2D eigenvalue weighted by Crippen LogP contribution is 2.34. The predicted molar refractivity (Wildman–Crippen MR) is 105 cm³/mol. The number of nitrogens with zero attached hydrogens (tertiary/aromatic N) is 3. The number of rotatable bonds is 4. The minimum atomic E-state index is -0.346. The SMILES string of the molecule is CC(C)Nc1nc(-c2ccc(C(C)(C)N)cc2)cc2c1CN(C)C=N2. The van der Waals surface area contributed by atoms with E-state index >= 15 is 0 Å². The fraction of sp³-hybridized carbons (Fsp3) is 0.400. The molecular formula is C20H27N5. The Bertz CT molecular complexity index is 785. The first-order chi connectivity index (χ1) is 11.7. The normalized spacial score (nSPS) is 14.0. The van der Waals surface area contributed by atoms with Crippen LogP contribution in [0.2, 0.25) is 0 Å². The molecule has 3 rings (SSSR count). The Hall–Kier alpha value is -2.40. The fourth-order valence-corrected chi connectivity index (χ4v) is 2.89. The summed E-state index contributed by atoms with van der Waals surface area (Å²) in [7, 11) is 2.02. The third-order valence-corrected chi connectivity index (χ3v) is 4.25. The lowest BCUT2D eigenvalue weighted by atomic mass is 9.94. The van der Waals surface area contributed by atoms with Crippen LogP contribution in [-0.4, -0.2) is 29.3 Å². The highest BCUT2D eigenvalue weighted by molar-refractivity contribution is 5.76. The first-order valence-electron chi connectivity index (χ1n) is 8.68. The summed E-state index contributed by atoms with van der Waals surface area (Å²) in [5, 5.41) is 3.47. The molecule has 5 heteroatoms. The average Bonchev–Trinajstić information content (AvgIpc) is 2.54. The third kappa shape index (κ3) is 3.82. The van der Waals surface area contributed by atoms with E-state index in [1.807, 2.05) is 27.2 Å². The minimum Gasteiger partial charge on any atom is -0.368 e. The van der Waals surface area contributed by atoms with Gasteiger partial charge >= 0.3 is 0 Å². The van der Waals surface area contributed by atoms with Gasteiger partial charge in [-0.15, -0.1) is 0 Å². The van der Waals surface area contributed by atoms with Crippen LogP contribution in [0, 0.1) is 0 Å². The zero-order valence-corrected chi connectivity index (χ0v) is 15.7. The number of nitrogens with one attached hydrogen (secondary N) is 1. The smallest absolute Gasteiger partial charge is 0.134 e. The molecule has 2 heterocycles. The van der Waals surface area contributed by atoms with Gasteiger partial charge < -0.3 is 16.0 Å². The van der Waals surface area contributed by atoms with Gasteiger partial charge in [-0.1, -0.05) is 24.3 Å². The Morgan fingerprint density at radius 3 is 2.48 bits per heavy atom. The minimum absolute atomic E-state index is 0.309. The van der Waals surface area contributed by atoms with Crippen LogP contribution >= 0.6 is 0 Å². The molecule has 2 aromatic rings. The molecule has 25 heavy (non-hydrogen) atoms. The van der Waals surface area contributed by atoms with Crippen LogP contribution in [0.4, 0.5) is 11.5 Å². The molecule has 0 fully saturated rings. The van der Waals surface area contributed by atoms with E-state index in [9.17, 15) is 0 Å². The number of nitrogens with two attached hydrogens (primary N) is 1. The van der Waals surface area contributed by atoms with Crippen LogP contribution < -0.4 is 11.1 Å². The summed E-state index contributed by atoms with van der Waals surface area (Å²) >= 11 is 0. The molecule has 3 N–H and O–H groups in total. The highest BCUT2D eigenvalue weighted by atomic mass is 15.2. The van der Waals surface area contributed by atoms with Crippen LogP contribution in [0.5, 0.6) is 0 Å². The van der Waals surface area contributed by atoms with Gasteiger partial charge in [0.15, 0.2) is 0 Å². The van der Waals surface area contributed by atoms with Gasteiger partial charge in [0.25, 0.3) is 0 Å². The number of hydrogen-bond acceptors (Lipinski definition) is 5. The number of hydrogen-bond donors (Lipinski definition) is 2. The third-order valence-electron chi connectivity index (χ3n) is 4.25. The van der Waals surface area contributed by atoms with Gasteiger partial charge in [-0.25, -0.2) is 9.98 Å². The molecule has 0 spiro atoms. The standard InChI is InChI=1S/C20H27N5/c1-13(2)23-19-16-11-25(5)12-22-18(16)10-17(24-19)14-6-8-15(9-7-14)20(3,4)21/h6-10,12-13H,11,21H2,1-5H3,(H,23,24). The Labute approximate surface area is 150 Å². The summed E-state index contributed by atoms with van der Waals surface area (Å²) in [6, 6.07) is 10.7. The van der Waals surface area contributed by atoms with Gasteiger partial charge in [-0.3, -0.25) is 0 Å². The van der Waals surface area contributed by atoms with E-state index < -0.39 is 0 Å². The summed E-state index contributed by atoms with van der Waals surface area (Å²) < 4.78 is 0. The van der Waals surface area contributed by atoms with E-state index in [2.05, 4.69) is 59.4 Å². The van der Waals surface area contributed by atoms with Gasteiger partial charge in [0, 0.05) is 36.3 Å². The van der Waals surface area contributed by atoms with Crippen molar-refractivity contribution in [1.82, 2.24) is 9.88 Å². The molecular weight excluding hydrogens is 310 g/mol. The number of aliphatic imine (C=N–C) groups is 1. The molecule has 0 bridgehead atoms. The lowest BCUT2D eigenvalue weighted by molar-refractivity contribution is 0.508.